The van der Waals surface area contributed by atoms with E-state index in [2.05, 4.69) is 20.7 Å². The van der Waals surface area contributed by atoms with Crippen molar-refractivity contribution in [3.63, 3.8) is 0 Å². The molecule has 4 rings (SSSR count). The molecule has 2 aromatic heterocycles. The number of halogens is 2. The molecule has 0 bridgehead atoms. The minimum Gasteiger partial charge on any atom is -0.482 e. The van der Waals surface area contributed by atoms with E-state index < -0.39 is 10.8 Å². The van der Waals surface area contributed by atoms with Crippen molar-refractivity contribution in [2.24, 2.45) is 5.10 Å². The van der Waals surface area contributed by atoms with E-state index in [1.54, 1.807) is 43.3 Å². The van der Waals surface area contributed by atoms with Crippen LogP contribution in [0.1, 0.15) is 17.2 Å². The number of hydrazone groups is 1. The summed E-state index contributed by atoms with van der Waals surface area (Å²) >= 11 is 12.9. The molecule has 37 heavy (non-hydrogen) atoms. The monoisotopic (exact) mass is 561 g/mol. The zero-order valence-corrected chi connectivity index (χ0v) is 21.3. The fraction of sp³-hybridized carbons (Fsp3) is 0.130. The van der Waals surface area contributed by atoms with Crippen molar-refractivity contribution in [3.8, 4) is 17.1 Å². The minimum absolute atomic E-state index is 0.00288. The number of carbonyl (C=O) groups is 1. The maximum Gasteiger partial charge on any atom is 0.277 e. The molecule has 0 radical (unpaired) electrons. The summed E-state index contributed by atoms with van der Waals surface area (Å²) < 4.78 is 16.7. The van der Waals surface area contributed by atoms with Gasteiger partial charge in [0, 0.05) is 22.7 Å². The number of nitro groups is 1. The number of benzene rings is 2. The van der Waals surface area contributed by atoms with Crippen LogP contribution in [0.15, 0.2) is 67.7 Å². The first-order valence-corrected chi connectivity index (χ1v) is 12.2. The Kier molecular flexibility index (Phi) is 8.43. The molecule has 11 nitrogen and oxygen atoms in total. The third kappa shape index (κ3) is 7.09. The van der Waals surface area contributed by atoms with E-state index in [1.807, 2.05) is 0 Å². The average Bonchev–Trinajstić information content (AvgIpc) is 3.52. The van der Waals surface area contributed by atoms with Gasteiger partial charge >= 0.3 is 0 Å². The average molecular weight is 562 g/mol. The standard InChI is InChI=1S/C23H17Cl2N5O6S/c1-13-8-15(30(32)33)3-5-17(13)19-7-4-16(35-19)10-26-27-21(31)12-37-23-29-28-22(36-23)11-34-20-6-2-14(24)9-18(20)25/h2-10H,11-12H2,1H3,(H,27,31)/b26-10-. The Labute approximate surface area is 223 Å². The lowest BCUT2D eigenvalue weighted by atomic mass is 10.1. The Morgan fingerprint density at radius 2 is 2.03 bits per heavy atom. The number of nitrogens with one attached hydrogen (secondary N) is 1. The number of aryl methyl sites for hydroxylation is 1. The quantitative estimate of drug-likeness (QED) is 0.112. The van der Waals surface area contributed by atoms with Gasteiger partial charge in [-0.25, -0.2) is 5.43 Å². The molecule has 0 spiro atoms. The van der Waals surface area contributed by atoms with Crippen molar-refractivity contribution in [3.05, 3.63) is 85.9 Å². The normalized spacial score (nSPS) is 11.1. The number of amides is 1. The molecule has 14 heteroatoms. The van der Waals surface area contributed by atoms with Crippen LogP contribution in [-0.2, 0) is 11.4 Å². The molecule has 0 fully saturated rings. The van der Waals surface area contributed by atoms with Crippen LogP contribution in [-0.4, -0.2) is 33.0 Å². The van der Waals surface area contributed by atoms with Gasteiger partial charge in [0.05, 0.1) is 21.9 Å². The van der Waals surface area contributed by atoms with Gasteiger partial charge in [-0.1, -0.05) is 35.0 Å². The molecule has 0 saturated heterocycles. The lowest BCUT2D eigenvalue weighted by Crippen LogP contribution is -2.19. The predicted octanol–water partition coefficient (Wildman–Crippen LogP) is 5.67. The second-order valence-electron chi connectivity index (χ2n) is 7.37. The van der Waals surface area contributed by atoms with E-state index in [1.165, 1.54) is 18.3 Å². The van der Waals surface area contributed by atoms with Crippen LogP contribution in [0.5, 0.6) is 5.75 Å². The molecule has 4 aromatic rings. The number of rotatable bonds is 10. The van der Waals surface area contributed by atoms with Gasteiger partial charge in [0.15, 0.2) is 6.61 Å². The summed E-state index contributed by atoms with van der Waals surface area (Å²) in [4.78, 5) is 22.5. The minimum atomic E-state index is -0.455. The molecule has 190 valence electrons. The summed E-state index contributed by atoms with van der Waals surface area (Å²) in [6.07, 6.45) is 1.34. The van der Waals surface area contributed by atoms with Gasteiger partial charge in [0.25, 0.3) is 22.7 Å². The van der Waals surface area contributed by atoms with Crippen LogP contribution < -0.4 is 10.2 Å². The van der Waals surface area contributed by atoms with Gasteiger partial charge in [-0.2, -0.15) is 5.10 Å². The highest BCUT2D eigenvalue weighted by molar-refractivity contribution is 7.99. The Balaban J connectivity index is 1.23. The number of ether oxygens (including phenoxy) is 1. The highest BCUT2D eigenvalue weighted by atomic mass is 35.5. The molecule has 1 amide bonds. The number of aromatic nitrogens is 2. The molecular weight excluding hydrogens is 545 g/mol. The van der Waals surface area contributed by atoms with E-state index in [-0.39, 0.29) is 29.2 Å². The van der Waals surface area contributed by atoms with Crippen molar-refractivity contribution in [1.29, 1.82) is 0 Å². The number of thioether (sulfide) groups is 1. The topological polar surface area (TPSA) is 146 Å². The Hall–Kier alpha value is -3.87. The maximum absolute atomic E-state index is 12.1. The molecular formula is C23H17Cl2N5O6S. The van der Waals surface area contributed by atoms with Gasteiger partial charge in [-0.15, -0.1) is 10.2 Å². The van der Waals surface area contributed by atoms with Crippen molar-refractivity contribution >= 4 is 52.8 Å². The van der Waals surface area contributed by atoms with Crippen LogP contribution in [0.2, 0.25) is 10.0 Å². The van der Waals surface area contributed by atoms with E-state index in [0.29, 0.717) is 38.4 Å². The van der Waals surface area contributed by atoms with Gasteiger partial charge in [-0.05, 0) is 48.9 Å². The van der Waals surface area contributed by atoms with Crippen molar-refractivity contribution in [1.82, 2.24) is 15.6 Å². The van der Waals surface area contributed by atoms with Gasteiger partial charge in [0.1, 0.15) is 17.3 Å². The Morgan fingerprint density at radius 1 is 1.19 bits per heavy atom. The number of furan rings is 1. The largest absolute Gasteiger partial charge is 0.482 e. The summed E-state index contributed by atoms with van der Waals surface area (Å²) in [6.45, 7) is 1.75. The molecule has 0 atom stereocenters. The fourth-order valence-corrected chi connectivity index (χ4v) is 4.05. The molecule has 0 aliphatic rings. The van der Waals surface area contributed by atoms with E-state index >= 15 is 0 Å². The number of hydrogen-bond acceptors (Lipinski definition) is 10. The van der Waals surface area contributed by atoms with Gasteiger partial charge in [-0.3, -0.25) is 14.9 Å². The van der Waals surface area contributed by atoms with Gasteiger partial charge < -0.3 is 13.6 Å². The Morgan fingerprint density at radius 3 is 2.78 bits per heavy atom. The predicted molar refractivity (Wildman–Crippen MR) is 137 cm³/mol. The molecule has 0 unspecified atom stereocenters. The first-order chi connectivity index (χ1) is 17.8. The van der Waals surface area contributed by atoms with Crippen molar-refractivity contribution in [2.75, 3.05) is 5.75 Å². The summed E-state index contributed by atoms with van der Waals surface area (Å²) in [5.74, 6) is 1.12. The second kappa shape index (κ2) is 11.9. The number of hydrogen-bond donors (Lipinski definition) is 1. The molecule has 1 N–H and O–H groups in total. The highest BCUT2D eigenvalue weighted by Gasteiger charge is 2.13. The number of non-ortho nitro benzene ring substituents is 1. The smallest absolute Gasteiger partial charge is 0.277 e. The van der Waals surface area contributed by atoms with E-state index in [9.17, 15) is 14.9 Å². The summed E-state index contributed by atoms with van der Waals surface area (Å²) in [5, 5.41) is 23.5. The van der Waals surface area contributed by atoms with Crippen LogP contribution in [0.25, 0.3) is 11.3 Å². The first kappa shape index (κ1) is 26.2. The lowest BCUT2D eigenvalue weighted by Gasteiger charge is -2.05. The molecule has 2 aromatic carbocycles. The first-order valence-electron chi connectivity index (χ1n) is 10.5. The van der Waals surface area contributed by atoms with Crippen LogP contribution >= 0.6 is 35.0 Å². The molecule has 2 heterocycles. The zero-order chi connectivity index (χ0) is 26.4. The van der Waals surface area contributed by atoms with Crippen LogP contribution in [0.3, 0.4) is 0 Å². The van der Waals surface area contributed by atoms with E-state index in [4.69, 9.17) is 36.8 Å². The Bertz CT molecular complexity index is 1470. The van der Waals surface area contributed by atoms with Gasteiger partial charge in [0.2, 0.25) is 0 Å². The highest BCUT2D eigenvalue weighted by Crippen LogP contribution is 2.29. The number of nitro benzene ring substituents is 1. The lowest BCUT2D eigenvalue weighted by molar-refractivity contribution is -0.384. The number of nitrogens with zero attached hydrogens (tertiary/aromatic N) is 4. The molecule has 0 saturated carbocycles. The third-order valence-electron chi connectivity index (χ3n) is 4.71. The maximum atomic E-state index is 12.1. The SMILES string of the molecule is Cc1cc([N+](=O)[O-])ccc1-c1ccc(/C=N\NC(=O)CSc2nnc(COc3ccc(Cl)cc3Cl)o2)o1. The summed E-state index contributed by atoms with van der Waals surface area (Å²) in [5.41, 5.74) is 3.79. The number of carbonyl (C=O) groups excluding carboxylic acids is 1. The summed E-state index contributed by atoms with van der Waals surface area (Å²) in [7, 11) is 0. The van der Waals surface area contributed by atoms with Crippen molar-refractivity contribution in [2.45, 2.75) is 18.8 Å². The van der Waals surface area contributed by atoms with Crippen molar-refractivity contribution < 1.29 is 23.3 Å². The molecule has 0 aliphatic carbocycles. The van der Waals surface area contributed by atoms with Crippen LogP contribution in [0, 0.1) is 17.0 Å². The second-order valence-corrected chi connectivity index (χ2v) is 9.14. The summed E-state index contributed by atoms with van der Waals surface area (Å²) in [6, 6.07) is 12.7. The molecule has 0 aliphatic heterocycles. The van der Waals surface area contributed by atoms with Crippen LogP contribution in [0.4, 0.5) is 5.69 Å². The van der Waals surface area contributed by atoms with E-state index in [0.717, 1.165) is 11.8 Å². The third-order valence-corrected chi connectivity index (χ3v) is 6.06. The zero-order valence-electron chi connectivity index (χ0n) is 19.0. The fourth-order valence-electron chi connectivity index (χ4n) is 3.02.